The van der Waals surface area contributed by atoms with E-state index in [1.165, 1.54) is 11.8 Å². The number of nitrogens with zero attached hydrogens (tertiary/aromatic N) is 2. The molecule has 136 valence electrons. The Hall–Kier alpha value is -1.09. The van der Waals surface area contributed by atoms with Gasteiger partial charge in [0.05, 0.1) is 19.1 Å². The summed E-state index contributed by atoms with van der Waals surface area (Å²) in [5, 5.41) is 0. The van der Waals surface area contributed by atoms with E-state index in [2.05, 4.69) is 20.8 Å². The van der Waals surface area contributed by atoms with Crippen LogP contribution in [0, 0.1) is 0 Å². The van der Waals surface area contributed by atoms with Gasteiger partial charge in [0.15, 0.2) is 11.5 Å². The normalized spacial score (nSPS) is 16.2. The van der Waals surface area contributed by atoms with Crippen LogP contribution in [0.5, 0.6) is 11.5 Å². The van der Waals surface area contributed by atoms with Gasteiger partial charge in [-0.2, -0.15) is 0 Å². The SMILES string of the molecule is COc1cc(Br)c(/C=C2/SC(=S)N(CCCN(C)C)C2=O)cc1OC. The van der Waals surface area contributed by atoms with Crippen LogP contribution in [0.4, 0.5) is 0 Å². The maximum atomic E-state index is 12.6. The Bertz CT molecular complexity index is 707. The van der Waals surface area contributed by atoms with E-state index in [1.54, 1.807) is 19.1 Å². The molecule has 1 aromatic rings. The minimum absolute atomic E-state index is 0.0459. The largest absolute Gasteiger partial charge is 0.493 e. The molecule has 8 heteroatoms. The van der Waals surface area contributed by atoms with Crippen molar-refractivity contribution in [2.24, 2.45) is 0 Å². The third-order valence-electron chi connectivity index (χ3n) is 3.65. The number of rotatable bonds is 7. The number of hydrogen-bond acceptors (Lipinski definition) is 6. The van der Waals surface area contributed by atoms with Gasteiger partial charge in [-0.25, -0.2) is 0 Å². The zero-order chi connectivity index (χ0) is 18.6. The molecule has 1 amide bonds. The number of hydrogen-bond donors (Lipinski definition) is 0. The van der Waals surface area contributed by atoms with Crippen molar-refractivity contribution in [3.05, 3.63) is 27.1 Å². The summed E-state index contributed by atoms with van der Waals surface area (Å²) in [5.74, 6) is 1.19. The van der Waals surface area contributed by atoms with Crippen LogP contribution >= 0.6 is 39.9 Å². The lowest BCUT2D eigenvalue weighted by molar-refractivity contribution is -0.122. The maximum Gasteiger partial charge on any atom is 0.266 e. The van der Waals surface area contributed by atoms with Crippen molar-refractivity contribution in [1.82, 2.24) is 9.80 Å². The highest BCUT2D eigenvalue weighted by Gasteiger charge is 2.31. The Morgan fingerprint density at radius 1 is 1.28 bits per heavy atom. The first-order valence-corrected chi connectivity index (χ1v) is 9.70. The van der Waals surface area contributed by atoms with Crippen molar-refractivity contribution in [3.63, 3.8) is 0 Å². The first-order valence-electron chi connectivity index (χ1n) is 7.69. The Morgan fingerprint density at radius 3 is 2.52 bits per heavy atom. The molecule has 0 aliphatic carbocycles. The lowest BCUT2D eigenvalue weighted by Crippen LogP contribution is -2.30. The predicted molar refractivity (Wildman–Crippen MR) is 110 cm³/mol. The Balaban J connectivity index is 2.21. The fourth-order valence-corrected chi connectivity index (χ4v) is 4.10. The molecule has 0 atom stereocenters. The second-order valence-corrected chi connectivity index (χ2v) is 8.25. The average molecular weight is 445 g/mol. The standard InChI is InChI=1S/C17H21BrN2O3S2/c1-19(2)6-5-7-20-16(21)15(25-17(20)24)9-11-8-13(22-3)14(23-4)10-12(11)18/h8-10H,5-7H2,1-4H3/b15-9+. The van der Waals surface area contributed by atoms with Gasteiger partial charge in [-0.3, -0.25) is 9.69 Å². The molecule has 1 saturated heterocycles. The topological polar surface area (TPSA) is 42.0 Å². The molecule has 0 N–H and O–H groups in total. The van der Waals surface area contributed by atoms with Gasteiger partial charge in [-0.15, -0.1) is 0 Å². The molecule has 0 bridgehead atoms. The van der Waals surface area contributed by atoms with E-state index in [4.69, 9.17) is 21.7 Å². The third kappa shape index (κ3) is 4.97. The van der Waals surface area contributed by atoms with Gasteiger partial charge in [0, 0.05) is 11.0 Å². The Kier molecular flexibility index (Phi) is 7.30. The Labute approximate surface area is 166 Å². The summed E-state index contributed by atoms with van der Waals surface area (Å²) in [6, 6.07) is 3.66. The lowest BCUT2D eigenvalue weighted by atomic mass is 10.2. The summed E-state index contributed by atoms with van der Waals surface area (Å²) in [6.07, 6.45) is 2.71. The van der Waals surface area contributed by atoms with Gasteiger partial charge < -0.3 is 14.4 Å². The Morgan fingerprint density at radius 2 is 1.92 bits per heavy atom. The van der Waals surface area contributed by atoms with E-state index in [-0.39, 0.29) is 5.91 Å². The van der Waals surface area contributed by atoms with Crippen LogP contribution in [0.25, 0.3) is 6.08 Å². The number of carbonyl (C=O) groups is 1. The molecule has 1 aliphatic rings. The summed E-state index contributed by atoms with van der Waals surface area (Å²) >= 11 is 10.2. The van der Waals surface area contributed by atoms with Crippen LogP contribution < -0.4 is 9.47 Å². The number of halogens is 1. The van der Waals surface area contributed by atoms with Crippen molar-refractivity contribution >= 4 is 56.2 Å². The third-order valence-corrected chi connectivity index (χ3v) is 5.71. The molecule has 0 saturated carbocycles. The summed E-state index contributed by atoms with van der Waals surface area (Å²) in [4.78, 5) is 17.0. The lowest BCUT2D eigenvalue weighted by Gasteiger charge is -2.16. The van der Waals surface area contributed by atoms with E-state index < -0.39 is 0 Å². The molecular formula is C17H21BrN2O3S2. The van der Waals surface area contributed by atoms with E-state index in [1.807, 2.05) is 32.3 Å². The summed E-state index contributed by atoms with van der Waals surface area (Å²) in [5.41, 5.74) is 0.839. The predicted octanol–water partition coefficient (Wildman–Crippen LogP) is 3.62. The van der Waals surface area contributed by atoms with E-state index in [0.717, 1.165) is 23.0 Å². The number of carbonyl (C=O) groups excluding carboxylic acids is 1. The molecule has 1 heterocycles. The van der Waals surface area contributed by atoms with Crippen LogP contribution in [0.2, 0.25) is 0 Å². The van der Waals surface area contributed by atoms with Gasteiger partial charge in [-0.1, -0.05) is 39.9 Å². The zero-order valence-electron chi connectivity index (χ0n) is 14.7. The summed E-state index contributed by atoms with van der Waals surface area (Å²) in [7, 11) is 7.19. The van der Waals surface area contributed by atoms with Gasteiger partial charge in [0.2, 0.25) is 0 Å². The maximum absolute atomic E-state index is 12.6. The molecule has 1 aromatic carbocycles. The van der Waals surface area contributed by atoms with E-state index in [9.17, 15) is 4.79 Å². The van der Waals surface area contributed by atoms with Crippen molar-refractivity contribution < 1.29 is 14.3 Å². The van der Waals surface area contributed by atoms with Gasteiger partial charge >= 0.3 is 0 Å². The minimum atomic E-state index is -0.0459. The number of thiocarbonyl (C=S) groups is 1. The summed E-state index contributed by atoms with van der Waals surface area (Å²) in [6.45, 7) is 1.55. The molecule has 5 nitrogen and oxygen atoms in total. The van der Waals surface area contributed by atoms with Gasteiger partial charge in [-0.05, 0) is 50.8 Å². The first-order chi connectivity index (χ1) is 11.9. The number of methoxy groups -OCH3 is 2. The zero-order valence-corrected chi connectivity index (χ0v) is 17.9. The molecule has 2 rings (SSSR count). The molecule has 25 heavy (non-hydrogen) atoms. The first kappa shape index (κ1) is 20.2. The molecule has 0 spiro atoms. The van der Waals surface area contributed by atoms with Gasteiger partial charge in [0.1, 0.15) is 4.32 Å². The van der Waals surface area contributed by atoms with Crippen molar-refractivity contribution in [1.29, 1.82) is 0 Å². The average Bonchev–Trinajstić information content (AvgIpc) is 2.83. The number of thioether (sulfide) groups is 1. The molecular weight excluding hydrogens is 424 g/mol. The second-order valence-electron chi connectivity index (χ2n) is 5.72. The molecule has 1 fully saturated rings. The highest BCUT2D eigenvalue weighted by molar-refractivity contribution is 9.10. The summed E-state index contributed by atoms with van der Waals surface area (Å²) < 4.78 is 12.0. The smallest absolute Gasteiger partial charge is 0.266 e. The van der Waals surface area contributed by atoms with Crippen molar-refractivity contribution in [3.8, 4) is 11.5 Å². The van der Waals surface area contributed by atoms with Gasteiger partial charge in [0.25, 0.3) is 5.91 Å². The minimum Gasteiger partial charge on any atom is -0.493 e. The second kappa shape index (κ2) is 9.02. The highest BCUT2D eigenvalue weighted by Crippen LogP contribution is 2.37. The van der Waals surface area contributed by atoms with E-state index >= 15 is 0 Å². The van der Waals surface area contributed by atoms with Crippen molar-refractivity contribution in [2.45, 2.75) is 6.42 Å². The van der Waals surface area contributed by atoms with Crippen LogP contribution in [-0.2, 0) is 4.79 Å². The van der Waals surface area contributed by atoms with Crippen LogP contribution in [0.3, 0.4) is 0 Å². The fraction of sp³-hybridized carbons (Fsp3) is 0.412. The number of benzene rings is 1. The monoisotopic (exact) mass is 444 g/mol. The molecule has 1 aliphatic heterocycles. The number of ether oxygens (including phenoxy) is 2. The van der Waals surface area contributed by atoms with E-state index in [0.29, 0.717) is 27.3 Å². The molecule has 0 unspecified atom stereocenters. The fourth-order valence-electron chi connectivity index (χ4n) is 2.36. The number of amides is 1. The van der Waals surface area contributed by atoms with Crippen LogP contribution in [0.15, 0.2) is 21.5 Å². The van der Waals surface area contributed by atoms with Crippen molar-refractivity contribution in [2.75, 3.05) is 41.4 Å². The molecule has 0 aromatic heterocycles. The molecule has 0 radical (unpaired) electrons. The van der Waals surface area contributed by atoms with Crippen LogP contribution in [0.1, 0.15) is 12.0 Å². The highest BCUT2D eigenvalue weighted by atomic mass is 79.9. The quantitative estimate of drug-likeness (QED) is 0.472. The van der Waals surface area contributed by atoms with Crippen LogP contribution in [-0.4, -0.2) is 61.4 Å².